The zero-order valence-electron chi connectivity index (χ0n) is 11.0. The van der Waals surface area contributed by atoms with Gasteiger partial charge in [-0.3, -0.25) is 0 Å². The summed E-state index contributed by atoms with van der Waals surface area (Å²) < 4.78 is 0. The number of fused-ring (bicyclic) bond motifs is 1. The normalized spacial score (nSPS) is 10.2. The Hall–Kier alpha value is -2.36. The van der Waals surface area contributed by atoms with Gasteiger partial charge in [0, 0.05) is 23.5 Å². The fourth-order valence-electron chi connectivity index (χ4n) is 1.86. The van der Waals surface area contributed by atoms with Gasteiger partial charge in [-0.15, -0.1) is 0 Å². The van der Waals surface area contributed by atoms with E-state index in [0.29, 0.717) is 17.7 Å². The fourth-order valence-corrected chi connectivity index (χ4v) is 1.86. The van der Waals surface area contributed by atoms with E-state index in [-0.39, 0.29) is 5.56 Å². The van der Waals surface area contributed by atoms with Crippen molar-refractivity contribution < 1.29 is 9.90 Å². The number of carbonyl (C=O) groups is 1. The summed E-state index contributed by atoms with van der Waals surface area (Å²) in [4.78, 5) is 15.4. The summed E-state index contributed by atoms with van der Waals surface area (Å²) in [6.07, 6.45) is 3.46. The van der Waals surface area contributed by atoms with Crippen molar-refractivity contribution in [1.82, 2.24) is 4.98 Å². The summed E-state index contributed by atoms with van der Waals surface area (Å²) in [6, 6.07) is 7.38. The highest BCUT2D eigenvalue weighted by Gasteiger charge is 2.11. The third-order valence-electron chi connectivity index (χ3n) is 2.81. The Labute approximate surface area is 111 Å². The number of nitrogens with zero attached hydrogens (tertiary/aromatic N) is 1. The maximum atomic E-state index is 11.2. The van der Waals surface area contributed by atoms with Crippen molar-refractivity contribution in [3.05, 3.63) is 47.7 Å². The highest BCUT2D eigenvalue weighted by molar-refractivity contribution is 6.06. The quantitative estimate of drug-likeness (QED) is 0.824. The third-order valence-corrected chi connectivity index (χ3v) is 2.81. The topological polar surface area (TPSA) is 62.2 Å². The highest BCUT2D eigenvalue weighted by atomic mass is 16.4. The van der Waals surface area contributed by atoms with Gasteiger partial charge in [-0.05, 0) is 13.8 Å². The number of carboxylic acid groups (broad SMARTS) is 1. The van der Waals surface area contributed by atoms with Gasteiger partial charge in [0.1, 0.15) is 5.82 Å². The fraction of sp³-hybridized carbons (Fsp3) is 0.200. The van der Waals surface area contributed by atoms with Crippen LogP contribution < -0.4 is 5.32 Å². The van der Waals surface area contributed by atoms with E-state index in [4.69, 9.17) is 5.11 Å². The molecule has 0 spiro atoms. The molecule has 0 amide bonds. The second kappa shape index (κ2) is 5.52. The number of hydrogen-bond donors (Lipinski definition) is 2. The van der Waals surface area contributed by atoms with E-state index in [1.165, 1.54) is 11.8 Å². The van der Waals surface area contributed by atoms with Crippen LogP contribution in [0, 0.1) is 0 Å². The predicted molar refractivity (Wildman–Crippen MR) is 76.6 cm³/mol. The summed E-state index contributed by atoms with van der Waals surface area (Å²) in [5.41, 5.74) is 1.45. The number of hydrogen-bond acceptors (Lipinski definition) is 3. The molecule has 1 aromatic heterocycles. The van der Waals surface area contributed by atoms with Gasteiger partial charge in [-0.25, -0.2) is 9.78 Å². The SMILES string of the molecule is CC(C)=CCNc1ncc(C(=O)O)c2ccccc12. The van der Waals surface area contributed by atoms with Gasteiger partial charge < -0.3 is 10.4 Å². The van der Waals surface area contributed by atoms with E-state index in [1.807, 2.05) is 32.0 Å². The number of carboxylic acids is 1. The number of anilines is 1. The molecule has 0 bridgehead atoms. The number of allylic oxidation sites excluding steroid dienone is 1. The zero-order valence-corrected chi connectivity index (χ0v) is 11.0. The van der Waals surface area contributed by atoms with Gasteiger partial charge >= 0.3 is 5.97 Å². The second-order valence-corrected chi connectivity index (χ2v) is 4.53. The lowest BCUT2D eigenvalue weighted by Crippen LogP contribution is -2.05. The third kappa shape index (κ3) is 2.91. The molecule has 4 heteroatoms. The van der Waals surface area contributed by atoms with Crippen LogP contribution in [0.5, 0.6) is 0 Å². The van der Waals surface area contributed by atoms with Crippen LogP contribution in [0.25, 0.3) is 10.8 Å². The molecule has 0 saturated heterocycles. The minimum absolute atomic E-state index is 0.225. The number of pyridine rings is 1. The molecule has 1 heterocycles. The van der Waals surface area contributed by atoms with Crippen molar-refractivity contribution in [2.75, 3.05) is 11.9 Å². The Morgan fingerprint density at radius 2 is 2.00 bits per heavy atom. The van der Waals surface area contributed by atoms with Crippen LogP contribution in [0.1, 0.15) is 24.2 Å². The molecule has 0 aliphatic heterocycles. The molecule has 1 aromatic carbocycles. The average molecular weight is 256 g/mol. The molecule has 19 heavy (non-hydrogen) atoms. The predicted octanol–water partition coefficient (Wildman–Crippen LogP) is 3.31. The standard InChI is InChI=1S/C15H16N2O2/c1-10(2)7-8-16-14-12-6-4-3-5-11(12)13(9-17-14)15(18)19/h3-7,9H,8H2,1-2H3,(H,16,17)(H,18,19). The Kier molecular flexibility index (Phi) is 3.80. The van der Waals surface area contributed by atoms with Crippen LogP contribution in [-0.2, 0) is 0 Å². The molecule has 0 fully saturated rings. The summed E-state index contributed by atoms with van der Waals surface area (Å²) >= 11 is 0. The van der Waals surface area contributed by atoms with Crippen LogP contribution in [0.2, 0.25) is 0 Å². The van der Waals surface area contributed by atoms with Gasteiger partial charge in [0.2, 0.25) is 0 Å². The van der Waals surface area contributed by atoms with Crippen molar-refractivity contribution in [2.45, 2.75) is 13.8 Å². The van der Waals surface area contributed by atoms with Crippen molar-refractivity contribution in [1.29, 1.82) is 0 Å². The highest BCUT2D eigenvalue weighted by Crippen LogP contribution is 2.24. The zero-order chi connectivity index (χ0) is 13.8. The molecule has 4 nitrogen and oxygen atoms in total. The summed E-state index contributed by atoms with van der Waals surface area (Å²) in [6.45, 7) is 4.73. The van der Waals surface area contributed by atoms with Crippen LogP contribution in [0.15, 0.2) is 42.1 Å². The molecular formula is C15H16N2O2. The molecule has 0 unspecified atom stereocenters. The first-order valence-corrected chi connectivity index (χ1v) is 6.08. The van der Waals surface area contributed by atoms with Gasteiger partial charge in [0.25, 0.3) is 0 Å². The molecule has 2 N–H and O–H groups in total. The van der Waals surface area contributed by atoms with Crippen molar-refractivity contribution in [3.8, 4) is 0 Å². The smallest absolute Gasteiger partial charge is 0.337 e. The van der Waals surface area contributed by atoms with Gasteiger partial charge in [0.05, 0.1) is 5.56 Å². The molecule has 0 radical (unpaired) electrons. The van der Waals surface area contributed by atoms with E-state index in [1.54, 1.807) is 6.07 Å². The van der Waals surface area contributed by atoms with Crippen LogP contribution in [0.3, 0.4) is 0 Å². The lowest BCUT2D eigenvalue weighted by atomic mass is 10.1. The van der Waals surface area contributed by atoms with Crippen molar-refractivity contribution >= 4 is 22.6 Å². The molecule has 0 atom stereocenters. The molecule has 2 rings (SSSR count). The largest absolute Gasteiger partial charge is 0.478 e. The maximum Gasteiger partial charge on any atom is 0.337 e. The maximum absolute atomic E-state index is 11.2. The van der Waals surface area contributed by atoms with Gasteiger partial charge in [-0.2, -0.15) is 0 Å². The number of aromatic carboxylic acids is 1. The number of benzene rings is 1. The van der Waals surface area contributed by atoms with Crippen molar-refractivity contribution in [3.63, 3.8) is 0 Å². The molecule has 0 aliphatic rings. The Bertz CT molecular complexity index is 644. The number of aromatic nitrogens is 1. The number of nitrogens with one attached hydrogen (secondary N) is 1. The second-order valence-electron chi connectivity index (χ2n) is 4.53. The summed E-state index contributed by atoms with van der Waals surface area (Å²) in [7, 11) is 0. The van der Waals surface area contributed by atoms with E-state index in [0.717, 1.165) is 5.39 Å². The Morgan fingerprint density at radius 1 is 1.32 bits per heavy atom. The number of rotatable bonds is 4. The average Bonchev–Trinajstić information content (AvgIpc) is 2.38. The van der Waals surface area contributed by atoms with E-state index < -0.39 is 5.97 Å². The lowest BCUT2D eigenvalue weighted by molar-refractivity contribution is 0.0698. The van der Waals surface area contributed by atoms with Crippen LogP contribution in [0.4, 0.5) is 5.82 Å². The molecule has 98 valence electrons. The first-order chi connectivity index (χ1) is 9.09. The minimum Gasteiger partial charge on any atom is -0.478 e. The Morgan fingerprint density at radius 3 is 2.63 bits per heavy atom. The first-order valence-electron chi connectivity index (χ1n) is 6.08. The van der Waals surface area contributed by atoms with Crippen molar-refractivity contribution in [2.24, 2.45) is 0 Å². The molecule has 0 saturated carbocycles. The molecule has 2 aromatic rings. The van der Waals surface area contributed by atoms with Crippen LogP contribution in [-0.4, -0.2) is 22.6 Å². The van der Waals surface area contributed by atoms with E-state index in [2.05, 4.69) is 16.4 Å². The lowest BCUT2D eigenvalue weighted by Gasteiger charge is -2.09. The first kappa shape index (κ1) is 13.1. The Balaban J connectivity index is 2.44. The van der Waals surface area contributed by atoms with Gasteiger partial charge in [-0.1, -0.05) is 35.9 Å². The summed E-state index contributed by atoms with van der Waals surface area (Å²) in [5, 5.41) is 13.9. The van der Waals surface area contributed by atoms with Gasteiger partial charge in [0.15, 0.2) is 0 Å². The monoisotopic (exact) mass is 256 g/mol. The van der Waals surface area contributed by atoms with E-state index >= 15 is 0 Å². The molecule has 0 aliphatic carbocycles. The van der Waals surface area contributed by atoms with E-state index in [9.17, 15) is 4.79 Å². The minimum atomic E-state index is -0.959. The molecular weight excluding hydrogens is 240 g/mol. The van der Waals surface area contributed by atoms with Crippen LogP contribution >= 0.6 is 0 Å². The summed E-state index contributed by atoms with van der Waals surface area (Å²) in [5.74, 6) is -0.252.